The molecule has 11 heavy (non-hydrogen) atoms. The fourth-order valence-electron chi connectivity index (χ4n) is 0.306. The summed E-state index contributed by atoms with van der Waals surface area (Å²) < 4.78 is 3.65. The quantitative estimate of drug-likeness (QED) is 0.268. The van der Waals surface area contributed by atoms with Gasteiger partial charge < -0.3 is 14.9 Å². The van der Waals surface area contributed by atoms with E-state index in [9.17, 15) is 4.79 Å². The first kappa shape index (κ1) is 11.1. The fraction of sp³-hybridized carbons (Fsp3) is 0.800. The van der Waals surface area contributed by atoms with E-state index in [1.165, 1.54) is 0 Å². The molecule has 0 rings (SSSR count). The number of carbonyl (C=O) groups is 1. The summed E-state index contributed by atoms with van der Waals surface area (Å²) >= 11 is 7.34. The lowest BCUT2D eigenvalue weighted by Crippen LogP contribution is -2.24. The van der Waals surface area contributed by atoms with Crippen molar-refractivity contribution in [2.24, 2.45) is 0 Å². The molecule has 0 heterocycles. The van der Waals surface area contributed by atoms with Crippen LogP contribution in [0.1, 0.15) is 0 Å². The van der Waals surface area contributed by atoms with Crippen molar-refractivity contribution >= 4 is 31.2 Å². The molecule has 0 aliphatic heterocycles. The van der Waals surface area contributed by atoms with Gasteiger partial charge in [-0.15, -0.1) is 0 Å². The first-order valence-electron chi connectivity index (χ1n) is 2.89. The molecule has 0 amide bonds. The lowest BCUT2D eigenvalue weighted by atomic mass is 10.4. The predicted octanol–water partition coefficient (Wildman–Crippen LogP) is -0.932. The smallest absolute Gasteiger partial charge is 0.328 e. The summed E-state index contributed by atoms with van der Waals surface area (Å²) in [6.07, 6.45) is -1.03. The average Bonchev–Trinajstić information content (AvgIpc) is 1.99. The number of thiol groups is 2. The largest absolute Gasteiger partial charge is 0.461 e. The van der Waals surface area contributed by atoms with Crippen LogP contribution in [0.5, 0.6) is 0 Å². The second kappa shape index (κ2) is 5.70. The molecular formula is C5H10O4S2. The number of ether oxygens (including phenoxy) is 1. The van der Waals surface area contributed by atoms with Crippen LogP contribution >= 0.6 is 25.3 Å². The zero-order valence-electron chi connectivity index (χ0n) is 5.67. The zero-order chi connectivity index (χ0) is 8.85. The highest BCUT2D eigenvalue weighted by Crippen LogP contribution is 2.02. The lowest BCUT2D eigenvalue weighted by Gasteiger charge is -2.08. The molecule has 1 unspecified atom stereocenters. The highest BCUT2D eigenvalue weighted by Gasteiger charge is 2.12. The maximum atomic E-state index is 10.6. The number of esters is 1. The van der Waals surface area contributed by atoms with Crippen molar-refractivity contribution in [3.8, 4) is 0 Å². The van der Waals surface area contributed by atoms with E-state index < -0.39 is 23.3 Å². The van der Waals surface area contributed by atoms with Gasteiger partial charge in [-0.05, 0) is 0 Å². The normalized spacial score (nSPS) is 13.2. The molecule has 66 valence electrons. The Kier molecular flexibility index (Phi) is 5.75. The Morgan fingerprint density at radius 2 is 2.09 bits per heavy atom. The van der Waals surface area contributed by atoms with Gasteiger partial charge in [0.05, 0.1) is 6.61 Å². The van der Waals surface area contributed by atoms with Gasteiger partial charge in [-0.25, -0.2) is 4.79 Å². The fourth-order valence-corrected chi connectivity index (χ4v) is 0.455. The van der Waals surface area contributed by atoms with E-state index in [1.807, 2.05) is 0 Å². The van der Waals surface area contributed by atoms with Crippen LogP contribution in [0, 0.1) is 0 Å². The maximum Gasteiger partial charge on any atom is 0.328 e. The van der Waals surface area contributed by atoms with Crippen LogP contribution in [0.2, 0.25) is 0 Å². The first-order chi connectivity index (χ1) is 5.07. The second-order valence-corrected chi connectivity index (χ2v) is 3.28. The summed E-state index contributed by atoms with van der Waals surface area (Å²) in [4.78, 5) is 10.6. The molecule has 6 heteroatoms. The van der Waals surface area contributed by atoms with Gasteiger partial charge in [-0.3, -0.25) is 0 Å². The van der Waals surface area contributed by atoms with Gasteiger partial charge in [-0.2, -0.15) is 25.3 Å². The second-order valence-electron chi connectivity index (χ2n) is 1.84. The third-order valence-electron chi connectivity index (χ3n) is 0.840. The van der Waals surface area contributed by atoms with Crippen LogP contribution < -0.4 is 0 Å². The number of aliphatic hydroxyl groups is 2. The summed E-state index contributed by atoms with van der Waals surface area (Å²) in [6, 6.07) is 0. The summed E-state index contributed by atoms with van der Waals surface area (Å²) in [7, 11) is 0. The molecule has 4 nitrogen and oxygen atoms in total. The van der Waals surface area contributed by atoms with Crippen LogP contribution in [0.4, 0.5) is 0 Å². The molecule has 0 bridgehead atoms. The van der Waals surface area contributed by atoms with E-state index in [2.05, 4.69) is 30.0 Å². The van der Waals surface area contributed by atoms with E-state index in [4.69, 9.17) is 10.2 Å². The molecule has 0 fully saturated rings. The summed E-state index contributed by atoms with van der Waals surface area (Å²) in [5, 5.41) is 17.0. The van der Waals surface area contributed by atoms with Gasteiger partial charge in [0.1, 0.15) is 17.3 Å². The van der Waals surface area contributed by atoms with Crippen molar-refractivity contribution in [2.45, 2.75) is 10.7 Å². The minimum Gasteiger partial charge on any atom is -0.461 e. The molecule has 0 aliphatic rings. The number of hydrogen-bond acceptors (Lipinski definition) is 6. The topological polar surface area (TPSA) is 66.8 Å². The molecular weight excluding hydrogens is 188 g/mol. The SMILES string of the molecule is O=C(OCC(O)CO)C(S)S. The van der Waals surface area contributed by atoms with E-state index in [1.54, 1.807) is 0 Å². The minimum absolute atomic E-state index is 0.229. The number of aliphatic hydroxyl groups excluding tert-OH is 2. The van der Waals surface area contributed by atoms with Gasteiger partial charge in [0, 0.05) is 0 Å². The molecule has 1 atom stereocenters. The summed E-state index contributed by atoms with van der Waals surface area (Å²) in [5.74, 6) is -0.635. The Hall–Kier alpha value is 0.0900. The van der Waals surface area contributed by atoms with E-state index in [0.29, 0.717) is 0 Å². The highest BCUT2D eigenvalue weighted by molar-refractivity contribution is 8.00. The summed E-state index contributed by atoms with van der Waals surface area (Å²) in [5.41, 5.74) is 0. The number of rotatable bonds is 4. The highest BCUT2D eigenvalue weighted by atomic mass is 32.2. The Balaban J connectivity index is 3.46. The molecule has 0 aromatic carbocycles. The molecule has 0 spiro atoms. The van der Waals surface area contributed by atoms with Crippen LogP contribution in [0.25, 0.3) is 0 Å². The predicted molar refractivity (Wildman–Crippen MR) is 45.8 cm³/mol. The van der Waals surface area contributed by atoms with Crippen molar-refractivity contribution < 1.29 is 19.7 Å². The van der Waals surface area contributed by atoms with Crippen molar-refractivity contribution in [2.75, 3.05) is 13.2 Å². The molecule has 0 saturated carbocycles. The Morgan fingerprint density at radius 1 is 1.55 bits per heavy atom. The third kappa shape index (κ3) is 5.37. The van der Waals surface area contributed by atoms with E-state index in [0.717, 1.165) is 0 Å². The van der Waals surface area contributed by atoms with Crippen LogP contribution in [0.15, 0.2) is 0 Å². The molecule has 0 saturated heterocycles. The lowest BCUT2D eigenvalue weighted by molar-refractivity contribution is -0.144. The number of hydrogen-bond donors (Lipinski definition) is 4. The molecule has 0 aliphatic carbocycles. The van der Waals surface area contributed by atoms with E-state index in [-0.39, 0.29) is 6.61 Å². The zero-order valence-corrected chi connectivity index (χ0v) is 7.46. The van der Waals surface area contributed by atoms with Crippen LogP contribution in [-0.4, -0.2) is 40.1 Å². The minimum atomic E-state index is -1.03. The van der Waals surface area contributed by atoms with Gasteiger partial charge >= 0.3 is 5.97 Å². The van der Waals surface area contributed by atoms with Crippen molar-refractivity contribution in [1.29, 1.82) is 0 Å². The average molecular weight is 198 g/mol. The molecule has 2 N–H and O–H groups in total. The van der Waals surface area contributed by atoms with Gasteiger partial charge in [0.15, 0.2) is 0 Å². The Morgan fingerprint density at radius 3 is 2.45 bits per heavy atom. The Labute approximate surface area is 75.4 Å². The standard InChI is InChI=1S/C5H10O4S2/c6-1-3(7)2-9-4(8)5(10)11/h3,5-7,10-11H,1-2H2. The molecule has 0 radical (unpaired) electrons. The van der Waals surface area contributed by atoms with Gasteiger partial charge in [0.2, 0.25) is 0 Å². The van der Waals surface area contributed by atoms with Crippen molar-refractivity contribution in [3.63, 3.8) is 0 Å². The van der Waals surface area contributed by atoms with Crippen LogP contribution in [0.3, 0.4) is 0 Å². The number of carbonyl (C=O) groups excluding carboxylic acids is 1. The monoisotopic (exact) mass is 198 g/mol. The Bertz CT molecular complexity index is 128. The van der Waals surface area contributed by atoms with Gasteiger partial charge in [-0.1, -0.05) is 0 Å². The van der Waals surface area contributed by atoms with Crippen molar-refractivity contribution in [1.82, 2.24) is 0 Å². The van der Waals surface area contributed by atoms with E-state index >= 15 is 0 Å². The van der Waals surface area contributed by atoms with Crippen LogP contribution in [-0.2, 0) is 9.53 Å². The molecule has 0 aromatic rings. The van der Waals surface area contributed by atoms with Gasteiger partial charge in [0.25, 0.3) is 0 Å². The molecule has 0 aromatic heterocycles. The third-order valence-corrected chi connectivity index (χ3v) is 1.26. The first-order valence-corrected chi connectivity index (χ1v) is 3.93. The maximum absolute atomic E-state index is 10.6. The summed E-state index contributed by atoms with van der Waals surface area (Å²) in [6.45, 7) is -0.663. The van der Waals surface area contributed by atoms with Crippen molar-refractivity contribution in [3.05, 3.63) is 0 Å².